The van der Waals surface area contributed by atoms with Crippen LogP contribution in [0.4, 0.5) is 0 Å². The van der Waals surface area contributed by atoms with Crippen LogP contribution in [0.25, 0.3) is 72.3 Å². The van der Waals surface area contributed by atoms with Crippen LogP contribution < -0.4 is 0 Å². The number of pyridine rings is 2. The van der Waals surface area contributed by atoms with E-state index in [-0.39, 0.29) is 20.1 Å². The first-order valence-corrected chi connectivity index (χ1v) is 15.5. The van der Waals surface area contributed by atoms with Crippen molar-refractivity contribution in [1.29, 1.82) is 0 Å². The molecule has 5 nitrogen and oxygen atoms in total. The maximum absolute atomic E-state index is 8.44. The molecule has 0 aliphatic carbocycles. The third kappa shape index (κ3) is 5.81. The predicted molar refractivity (Wildman–Crippen MR) is 191 cm³/mol. The smallest absolute Gasteiger partial charge is 0.156 e. The Hall–Kier alpha value is -5.42. The molecule has 4 heterocycles. The third-order valence-electron chi connectivity index (χ3n) is 8.23. The van der Waals surface area contributed by atoms with Crippen LogP contribution in [-0.4, -0.2) is 19.5 Å². The quantitative estimate of drug-likeness (QED) is 0.166. The Balaban J connectivity index is 0.000000246. The summed E-state index contributed by atoms with van der Waals surface area (Å²) < 4.78 is 17.0. The van der Waals surface area contributed by atoms with Crippen LogP contribution in [0.1, 0.15) is 26.7 Å². The summed E-state index contributed by atoms with van der Waals surface area (Å²) in [5, 5.41) is 3.06. The van der Waals surface area contributed by atoms with Gasteiger partial charge in [0.1, 0.15) is 5.58 Å². The van der Waals surface area contributed by atoms with Crippen molar-refractivity contribution in [3.05, 3.63) is 157 Å². The van der Waals surface area contributed by atoms with Crippen LogP contribution in [0.15, 0.2) is 144 Å². The number of fused-ring (bicyclic) bond motifs is 5. The van der Waals surface area contributed by atoms with Crippen LogP contribution in [0, 0.1) is 12.1 Å². The van der Waals surface area contributed by atoms with E-state index in [2.05, 4.69) is 45.9 Å². The van der Waals surface area contributed by atoms with Crippen molar-refractivity contribution in [2.75, 3.05) is 0 Å². The standard InChI is InChI=1S/C31H22N3O.C11H8N.Ir/c1-19(2)20-15-16-23-24-12-8-13-25(29(24)35-28(23)18-20)30-33-27-17-21-9-6-7-14-26(21)32-31(27)34(30)22-10-4-3-5-11-22;1-2-6-10(7-3-1)11-8-4-5-9-12-11;/h3-12,14-19H,1-2H3;1-6,8-9H;/q2*-1;/i19D;;. The SMILES string of the molecule is [2H]C(C)(C)c1ccc2c(c1)oc1c(-c3nc4cc5ccccc5nc4n3-c3ccccc3)[c-]ccc12.[Ir].[c-]1ccccc1-c1ccccn1. The van der Waals surface area contributed by atoms with Crippen molar-refractivity contribution in [1.82, 2.24) is 19.5 Å². The van der Waals surface area contributed by atoms with E-state index in [0.717, 1.165) is 77.9 Å². The van der Waals surface area contributed by atoms with Crippen LogP contribution >= 0.6 is 0 Å². The van der Waals surface area contributed by atoms with Gasteiger partial charge in [-0.3, -0.25) is 4.98 Å². The Morgan fingerprint density at radius 2 is 1.54 bits per heavy atom. The zero-order chi connectivity index (χ0) is 32.7. The molecule has 1 radical (unpaired) electrons. The van der Waals surface area contributed by atoms with E-state index in [1.54, 1.807) is 6.20 Å². The molecule has 0 N–H and O–H groups in total. The Morgan fingerprint density at radius 1 is 0.729 bits per heavy atom. The van der Waals surface area contributed by atoms with E-state index in [9.17, 15) is 0 Å². The molecule has 0 fully saturated rings. The molecule has 5 aromatic carbocycles. The molecule has 0 atom stereocenters. The van der Waals surface area contributed by atoms with Gasteiger partial charge < -0.3 is 14.0 Å². The molecular formula is C42H30IrN4O-2. The van der Waals surface area contributed by atoms with E-state index in [0.29, 0.717) is 0 Å². The molecule has 0 spiro atoms. The minimum atomic E-state index is -0.711. The summed E-state index contributed by atoms with van der Waals surface area (Å²) in [5.74, 6) is 0.0154. The van der Waals surface area contributed by atoms with Crippen LogP contribution in [0.3, 0.4) is 0 Å². The number of benzene rings is 5. The average molecular weight is 800 g/mol. The summed E-state index contributed by atoms with van der Waals surface area (Å²) in [7, 11) is 0. The second kappa shape index (κ2) is 13.4. The number of furan rings is 1. The first kappa shape index (κ1) is 29.9. The maximum atomic E-state index is 8.44. The Kier molecular flexibility index (Phi) is 8.34. The average Bonchev–Trinajstić information content (AvgIpc) is 3.69. The van der Waals surface area contributed by atoms with Crippen molar-refractivity contribution in [3.8, 4) is 28.3 Å². The second-order valence-electron chi connectivity index (χ2n) is 11.5. The van der Waals surface area contributed by atoms with Gasteiger partial charge in [-0.25, -0.2) is 4.98 Å². The maximum Gasteiger partial charge on any atom is 0.156 e. The zero-order valence-electron chi connectivity index (χ0n) is 27.3. The first-order valence-electron chi connectivity index (χ1n) is 16.0. The van der Waals surface area contributed by atoms with Gasteiger partial charge >= 0.3 is 0 Å². The van der Waals surface area contributed by atoms with Gasteiger partial charge in [-0.1, -0.05) is 85.5 Å². The minimum Gasteiger partial charge on any atom is -0.501 e. The fraction of sp³-hybridized carbons (Fsp3) is 0.0714. The summed E-state index contributed by atoms with van der Waals surface area (Å²) in [6, 6.07) is 50.5. The van der Waals surface area contributed by atoms with Gasteiger partial charge in [0.15, 0.2) is 5.65 Å². The van der Waals surface area contributed by atoms with Gasteiger partial charge in [-0.2, -0.15) is 0 Å². The zero-order valence-corrected chi connectivity index (χ0v) is 28.7. The molecule has 48 heavy (non-hydrogen) atoms. The van der Waals surface area contributed by atoms with Gasteiger partial charge in [0.05, 0.1) is 22.4 Å². The van der Waals surface area contributed by atoms with Gasteiger partial charge in [-0.15, -0.1) is 54.1 Å². The molecule has 0 aliphatic heterocycles. The van der Waals surface area contributed by atoms with Crippen molar-refractivity contribution in [2.24, 2.45) is 0 Å². The van der Waals surface area contributed by atoms with E-state index in [1.807, 2.05) is 123 Å². The minimum absolute atomic E-state index is 0. The number of para-hydroxylation sites is 2. The summed E-state index contributed by atoms with van der Waals surface area (Å²) in [6.07, 6.45) is 1.79. The van der Waals surface area contributed by atoms with Crippen molar-refractivity contribution >= 4 is 44.0 Å². The fourth-order valence-electron chi connectivity index (χ4n) is 5.89. The topological polar surface area (TPSA) is 56.7 Å². The molecule has 0 bridgehead atoms. The fourth-order valence-corrected chi connectivity index (χ4v) is 5.89. The van der Waals surface area contributed by atoms with Gasteiger partial charge in [0.25, 0.3) is 0 Å². The molecule has 6 heteroatoms. The van der Waals surface area contributed by atoms with E-state index in [1.165, 1.54) is 0 Å². The van der Waals surface area contributed by atoms with Gasteiger partial charge in [0, 0.05) is 44.1 Å². The monoisotopic (exact) mass is 800 g/mol. The van der Waals surface area contributed by atoms with Crippen LogP contribution in [0.2, 0.25) is 0 Å². The van der Waals surface area contributed by atoms with Crippen LogP contribution in [-0.2, 0) is 20.1 Å². The van der Waals surface area contributed by atoms with Gasteiger partial charge in [-0.05, 0) is 53.5 Å². The number of rotatable bonds is 4. The molecule has 9 aromatic rings. The molecule has 0 amide bonds. The van der Waals surface area contributed by atoms with E-state index in [4.69, 9.17) is 15.8 Å². The molecule has 0 saturated carbocycles. The summed E-state index contributed by atoms with van der Waals surface area (Å²) in [6.45, 7) is 3.77. The Bertz CT molecular complexity index is 2500. The predicted octanol–water partition coefficient (Wildman–Crippen LogP) is 10.6. The molecule has 235 valence electrons. The molecule has 4 aromatic heterocycles. The van der Waals surface area contributed by atoms with Crippen molar-refractivity contribution in [2.45, 2.75) is 19.7 Å². The molecule has 9 rings (SSSR count). The summed E-state index contributed by atoms with van der Waals surface area (Å²) >= 11 is 0. The number of nitrogens with zero attached hydrogens (tertiary/aromatic N) is 4. The van der Waals surface area contributed by atoms with Crippen molar-refractivity contribution < 1.29 is 25.9 Å². The Labute approximate surface area is 293 Å². The molecular weight excluding hydrogens is 769 g/mol. The van der Waals surface area contributed by atoms with E-state index < -0.39 is 5.89 Å². The van der Waals surface area contributed by atoms with Crippen LogP contribution in [0.5, 0.6) is 0 Å². The Morgan fingerprint density at radius 3 is 2.33 bits per heavy atom. The first-order chi connectivity index (χ1) is 23.4. The number of hydrogen-bond acceptors (Lipinski definition) is 4. The molecule has 0 aliphatic rings. The normalized spacial score (nSPS) is 11.7. The van der Waals surface area contributed by atoms with Crippen molar-refractivity contribution in [3.63, 3.8) is 0 Å². The third-order valence-corrected chi connectivity index (χ3v) is 8.23. The second-order valence-corrected chi connectivity index (χ2v) is 11.5. The summed E-state index contributed by atoms with van der Waals surface area (Å²) in [4.78, 5) is 14.3. The number of aromatic nitrogens is 4. The molecule has 0 saturated heterocycles. The number of imidazole rings is 1. The van der Waals surface area contributed by atoms with Gasteiger partial charge in [0.2, 0.25) is 0 Å². The summed E-state index contributed by atoms with van der Waals surface area (Å²) in [5.41, 5.74) is 8.67. The van der Waals surface area contributed by atoms with E-state index >= 15 is 0 Å². The molecule has 0 unspecified atom stereocenters. The largest absolute Gasteiger partial charge is 0.501 e. The number of hydrogen-bond donors (Lipinski definition) is 0.